The predicted molar refractivity (Wildman–Crippen MR) is 58.3 cm³/mol. The first kappa shape index (κ1) is 11.1. The van der Waals surface area contributed by atoms with Crippen LogP contribution in [0.5, 0.6) is 11.5 Å². The third kappa shape index (κ3) is 1.93. The molecule has 1 heterocycles. The maximum Gasteiger partial charge on any atom is 0.303 e. The number of halogens is 1. The molecule has 0 amide bonds. The highest BCUT2D eigenvalue weighted by atomic mass is 35.5. The van der Waals surface area contributed by atoms with E-state index in [0.717, 1.165) is 11.1 Å². The first-order chi connectivity index (χ1) is 7.59. The van der Waals surface area contributed by atoms with E-state index < -0.39 is 5.97 Å². The van der Waals surface area contributed by atoms with Crippen LogP contribution in [0.15, 0.2) is 6.07 Å². The minimum Gasteiger partial charge on any atom is -0.481 e. The molecule has 86 valence electrons. The quantitative estimate of drug-likeness (QED) is 0.884. The maximum atomic E-state index is 10.5. The fourth-order valence-corrected chi connectivity index (χ4v) is 2.08. The van der Waals surface area contributed by atoms with E-state index in [4.69, 9.17) is 26.2 Å². The number of hydrogen-bond acceptors (Lipinski definition) is 3. The fraction of sp³-hybridized carbons (Fsp3) is 0.364. The van der Waals surface area contributed by atoms with Crippen molar-refractivity contribution in [2.24, 2.45) is 0 Å². The van der Waals surface area contributed by atoms with Crippen molar-refractivity contribution in [2.75, 3.05) is 6.79 Å². The highest BCUT2D eigenvalue weighted by molar-refractivity contribution is 6.31. The summed E-state index contributed by atoms with van der Waals surface area (Å²) in [5, 5.41) is 9.18. The van der Waals surface area contributed by atoms with Crippen LogP contribution < -0.4 is 9.47 Å². The Balaban J connectivity index is 2.34. The Hall–Kier alpha value is -1.42. The number of ether oxygens (including phenoxy) is 2. The summed E-state index contributed by atoms with van der Waals surface area (Å²) in [5.74, 6) is 0.458. The Bertz CT molecular complexity index is 442. The van der Waals surface area contributed by atoms with Crippen LogP contribution in [0.4, 0.5) is 0 Å². The molecule has 4 nitrogen and oxygen atoms in total. The highest BCUT2D eigenvalue weighted by Gasteiger charge is 2.21. The topological polar surface area (TPSA) is 55.8 Å². The van der Waals surface area contributed by atoms with E-state index in [0.29, 0.717) is 22.9 Å². The van der Waals surface area contributed by atoms with Crippen molar-refractivity contribution in [1.29, 1.82) is 0 Å². The van der Waals surface area contributed by atoms with Gasteiger partial charge in [-0.2, -0.15) is 0 Å². The summed E-state index contributed by atoms with van der Waals surface area (Å²) in [6, 6.07) is 1.67. The van der Waals surface area contributed by atoms with Crippen molar-refractivity contribution >= 4 is 17.6 Å². The van der Waals surface area contributed by atoms with Crippen LogP contribution in [-0.4, -0.2) is 17.9 Å². The van der Waals surface area contributed by atoms with Gasteiger partial charge in [0, 0.05) is 17.5 Å². The summed E-state index contributed by atoms with van der Waals surface area (Å²) in [6.45, 7) is 2.05. The number of carboxylic acids is 1. The molecule has 1 aromatic rings. The third-order valence-electron chi connectivity index (χ3n) is 2.57. The van der Waals surface area contributed by atoms with E-state index in [-0.39, 0.29) is 13.2 Å². The number of hydrogen-bond donors (Lipinski definition) is 1. The Labute approximate surface area is 97.7 Å². The number of aliphatic carboxylic acids is 1. The molecule has 1 N–H and O–H groups in total. The van der Waals surface area contributed by atoms with Crippen molar-refractivity contribution in [3.05, 3.63) is 22.2 Å². The summed E-state index contributed by atoms with van der Waals surface area (Å²) >= 11 is 6.07. The van der Waals surface area contributed by atoms with Crippen molar-refractivity contribution < 1.29 is 19.4 Å². The smallest absolute Gasteiger partial charge is 0.303 e. The minimum absolute atomic E-state index is 0.0558. The van der Waals surface area contributed by atoms with Gasteiger partial charge >= 0.3 is 5.97 Å². The molecular formula is C11H11ClO4. The molecule has 0 aromatic heterocycles. The van der Waals surface area contributed by atoms with E-state index in [1.807, 2.05) is 6.92 Å². The summed E-state index contributed by atoms with van der Waals surface area (Å²) in [7, 11) is 0. The number of rotatable bonds is 3. The monoisotopic (exact) mass is 242 g/mol. The molecule has 0 saturated heterocycles. The number of fused-ring (bicyclic) bond motifs is 1. The third-order valence-corrected chi connectivity index (χ3v) is 2.91. The van der Waals surface area contributed by atoms with Crippen LogP contribution in [0.2, 0.25) is 5.02 Å². The molecule has 0 radical (unpaired) electrons. The molecule has 16 heavy (non-hydrogen) atoms. The minimum atomic E-state index is -0.840. The van der Waals surface area contributed by atoms with Crippen molar-refractivity contribution in [3.63, 3.8) is 0 Å². The molecule has 2 rings (SSSR count). The molecule has 0 bridgehead atoms. The van der Waals surface area contributed by atoms with Crippen LogP contribution in [0.1, 0.15) is 17.5 Å². The lowest BCUT2D eigenvalue weighted by Gasteiger charge is -2.09. The van der Waals surface area contributed by atoms with Crippen LogP contribution in [0, 0.1) is 6.92 Å². The lowest BCUT2D eigenvalue weighted by Crippen LogP contribution is -2.00. The van der Waals surface area contributed by atoms with E-state index in [9.17, 15) is 4.79 Å². The SMILES string of the molecule is Cc1c(CCC(=O)O)c(Cl)cc2c1OCO2. The lowest BCUT2D eigenvalue weighted by molar-refractivity contribution is -0.136. The summed E-state index contributed by atoms with van der Waals surface area (Å²) < 4.78 is 10.5. The zero-order valence-electron chi connectivity index (χ0n) is 8.75. The molecule has 1 aliphatic rings. The summed E-state index contributed by atoms with van der Waals surface area (Å²) in [5.41, 5.74) is 1.68. The molecule has 1 aliphatic heterocycles. The van der Waals surface area contributed by atoms with Gasteiger partial charge in [-0.15, -0.1) is 0 Å². The van der Waals surface area contributed by atoms with Gasteiger partial charge in [0.15, 0.2) is 11.5 Å². The molecule has 0 fully saturated rings. The van der Waals surface area contributed by atoms with Gasteiger partial charge in [0.2, 0.25) is 6.79 Å². The van der Waals surface area contributed by atoms with E-state index in [1.54, 1.807) is 6.07 Å². The van der Waals surface area contributed by atoms with Crippen LogP contribution >= 0.6 is 11.6 Å². The molecule has 1 aromatic carbocycles. The standard InChI is InChI=1S/C11H11ClO4/c1-6-7(2-3-10(13)14)8(12)4-9-11(6)16-5-15-9/h4H,2-3,5H2,1H3,(H,13,14). The molecule has 0 unspecified atom stereocenters. The summed E-state index contributed by atoms with van der Waals surface area (Å²) in [4.78, 5) is 10.5. The molecule has 0 saturated carbocycles. The first-order valence-electron chi connectivity index (χ1n) is 4.89. The molecule has 0 spiro atoms. The van der Waals surface area contributed by atoms with Gasteiger partial charge in [-0.1, -0.05) is 11.6 Å². The number of carbonyl (C=O) groups is 1. The Morgan fingerprint density at radius 3 is 3.00 bits per heavy atom. The number of carboxylic acid groups (broad SMARTS) is 1. The largest absolute Gasteiger partial charge is 0.481 e. The number of benzene rings is 1. The zero-order chi connectivity index (χ0) is 11.7. The first-order valence-corrected chi connectivity index (χ1v) is 5.26. The average Bonchev–Trinajstić information content (AvgIpc) is 2.64. The van der Waals surface area contributed by atoms with Gasteiger partial charge in [-0.05, 0) is 24.5 Å². The van der Waals surface area contributed by atoms with Gasteiger partial charge in [-0.25, -0.2) is 0 Å². The fourth-order valence-electron chi connectivity index (χ4n) is 1.75. The Morgan fingerprint density at radius 2 is 2.31 bits per heavy atom. The second-order valence-electron chi connectivity index (χ2n) is 3.59. The van der Waals surface area contributed by atoms with E-state index in [2.05, 4.69) is 0 Å². The van der Waals surface area contributed by atoms with Crippen LogP contribution in [0.3, 0.4) is 0 Å². The summed E-state index contributed by atoms with van der Waals surface area (Å²) in [6.07, 6.45) is 0.455. The van der Waals surface area contributed by atoms with Crippen LogP contribution in [0.25, 0.3) is 0 Å². The van der Waals surface area contributed by atoms with Gasteiger partial charge in [0.1, 0.15) is 0 Å². The Morgan fingerprint density at radius 1 is 1.56 bits per heavy atom. The van der Waals surface area contributed by atoms with Gasteiger partial charge in [0.05, 0.1) is 0 Å². The second-order valence-corrected chi connectivity index (χ2v) is 4.00. The van der Waals surface area contributed by atoms with E-state index >= 15 is 0 Å². The van der Waals surface area contributed by atoms with Gasteiger partial charge in [0.25, 0.3) is 0 Å². The van der Waals surface area contributed by atoms with Gasteiger partial charge in [-0.3, -0.25) is 4.79 Å². The predicted octanol–water partition coefficient (Wildman–Crippen LogP) is 2.39. The zero-order valence-corrected chi connectivity index (χ0v) is 9.50. The van der Waals surface area contributed by atoms with Crippen molar-refractivity contribution in [3.8, 4) is 11.5 Å². The van der Waals surface area contributed by atoms with Crippen molar-refractivity contribution in [2.45, 2.75) is 19.8 Å². The lowest BCUT2D eigenvalue weighted by atomic mass is 10.0. The molecular weight excluding hydrogens is 232 g/mol. The van der Waals surface area contributed by atoms with E-state index in [1.165, 1.54) is 0 Å². The normalized spacial score (nSPS) is 12.9. The average molecular weight is 243 g/mol. The second kappa shape index (κ2) is 4.22. The molecule has 0 aliphatic carbocycles. The molecule has 0 atom stereocenters. The van der Waals surface area contributed by atoms with Crippen molar-refractivity contribution in [1.82, 2.24) is 0 Å². The highest BCUT2D eigenvalue weighted by Crippen LogP contribution is 2.41. The van der Waals surface area contributed by atoms with Crippen LogP contribution in [-0.2, 0) is 11.2 Å². The van der Waals surface area contributed by atoms with Gasteiger partial charge < -0.3 is 14.6 Å². The molecule has 5 heteroatoms. The maximum absolute atomic E-state index is 10.5. The Kier molecular flexibility index (Phi) is 2.92.